The number of fused-ring (bicyclic) bond motifs is 1. The van der Waals surface area contributed by atoms with Gasteiger partial charge >= 0.3 is 6.36 Å². The summed E-state index contributed by atoms with van der Waals surface area (Å²) in [6.45, 7) is 1.29. The lowest BCUT2D eigenvalue weighted by molar-refractivity contribution is -0.274. The van der Waals surface area contributed by atoms with E-state index in [0.717, 1.165) is 12.8 Å². The monoisotopic (exact) mass is 384 g/mol. The standard InChI is InChI=1S/C17H19F3N4O3/c1-26-11-4-6-24(7-5-11)15(25)9-21-16-13-3-2-12(27-17(18,19)20)8-14(13)22-10-23-16/h2-3,8,10-11H,4-7,9H2,1H3,(H,21,22,23). The first-order valence-electron chi connectivity index (χ1n) is 8.40. The van der Waals surface area contributed by atoms with Crippen LogP contribution >= 0.6 is 0 Å². The van der Waals surface area contributed by atoms with Crippen LogP contribution < -0.4 is 10.1 Å². The highest BCUT2D eigenvalue weighted by molar-refractivity contribution is 5.91. The smallest absolute Gasteiger partial charge is 0.406 e. The van der Waals surface area contributed by atoms with Crippen LogP contribution in [-0.2, 0) is 9.53 Å². The fourth-order valence-corrected chi connectivity index (χ4v) is 2.99. The number of alkyl halides is 3. The molecule has 1 aliphatic heterocycles. The highest BCUT2D eigenvalue weighted by Gasteiger charge is 2.31. The summed E-state index contributed by atoms with van der Waals surface area (Å²) in [4.78, 5) is 22.1. The van der Waals surface area contributed by atoms with Crippen LogP contribution in [0.5, 0.6) is 5.75 Å². The molecule has 7 nitrogen and oxygen atoms in total. The van der Waals surface area contributed by atoms with Gasteiger partial charge in [0.15, 0.2) is 0 Å². The van der Waals surface area contributed by atoms with Gasteiger partial charge in [-0.1, -0.05) is 0 Å². The molecule has 1 aromatic heterocycles. The van der Waals surface area contributed by atoms with Crippen LogP contribution in [-0.4, -0.2) is 60.0 Å². The van der Waals surface area contributed by atoms with Crippen LogP contribution in [0, 0.1) is 0 Å². The molecule has 3 rings (SSSR count). The van der Waals surface area contributed by atoms with E-state index in [2.05, 4.69) is 20.0 Å². The van der Waals surface area contributed by atoms with Crippen molar-refractivity contribution in [1.82, 2.24) is 14.9 Å². The fourth-order valence-electron chi connectivity index (χ4n) is 2.99. The quantitative estimate of drug-likeness (QED) is 0.854. The minimum absolute atomic E-state index is 0.0323. The van der Waals surface area contributed by atoms with Crippen molar-refractivity contribution in [3.63, 3.8) is 0 Å². The predicted molar refractivity (Wildman–Crippen MR) is 91.3 cm³/mol. The minimum atomic E-state index is -4.77. The third kappa shape index (κ3) is 4.97. The van der Waals surface area contributed by atoms with Crippen molar-refractivity contribution in [2.75, 3.05) is 32.1 Å². The summed E-state index contributed by atoms with van der Waals surface area (Å²) in [7, 11) is 1.66. The van der Waals surface area contributed by atoms with Gasteiger partial charge in [-0.2, -0.15) is 0 Å². The Hall–Kier alpha value is -2.62. The normalized spacial score (nSPS) is 15.8. The molecule has 0 radical (unpaired) electrons. The summed E-state index contributed by atoms with van der Waals surface area (Å²) in [6.07, 6.45) is -1.79. The molecule has 0 atom stereocenters. The second-order valence-electron chi connectivity index (χ2n) is 6.12. The summed E-state index contributed by atoms with van der Waals surface area (Å²) in [5.74, 6) is -0.0660. The molecule has 10 heteroatoms. The van der Waals surface area contributed by atoms with Crippen LogP contribution in [0.25, 0.3) is 10.9 Å². The number of ether oxygens (including phenoxy) is 2. The SMILES string of the molecule is COC1CCN(C(=O)CNc2ncnc3cc(OC(F)(F)F)ccc23)CC1. The summed E-state index contributed by atoms with van der Waals surface area (Å²) in [5.41, 5.74) is 0.280. The second-order valence-corrected chi connectivity index (χ2v) is 6.12. The largest absolute Gasteiger partial charge is 0.573 e. The molecule has 1 fully saturated rings. The van der Waals surface area contributed by atoms with Gasteiger partial charge in [-0.05, 0) is 25.0 Å². The third-order valence-corrected chi connectivity index (χ3v) is 4.38. The van der Waals surface area contributed by atoms with E-state index in [0.29, 0.717) is 24.3 Å². The van der Waals surface area contributed by atoms with Gasteiger partial charge in [-0.25, -0.2) is 9.97 Å². The lowest BCUT2D eigenvalue weighted by Gasteiger charge is -2.31. The molecule has 2 heterocycles. The molecule has 1 amide bonds. The zero-order valence-corrected chi connectivity index (χ0v) is 14.6. The highest BCUT2D eigenvalue weighted by atomic mass is 19.4. The van der Waals surface area contributed by atoms with Crippen LogP contribution in [0.15, 0.2) is 24.5 Å². The van der Waals surface area contributed by atoms with E-state index in [1.54, 1.807) is 12.0 Å². The average molecular weight is 384 g/mol. The topological polar surface area (TPSA) is 76.6 Å². The Bertz CT molecular complexity index is 808. The van der Waals surface area contributed by atoms with Gasteiger partial charge in [0.05, 0.1) is 18.2 Å². The number of likely N-dealkylation sites (tertiary alicyclic amines) is 1. The molecule has 1 aromatic carbocycles. The number of nitrogens with one attached hydrogen (secondary N) is 1. The zero-order chi connectivity index (χ0) is 19.4. The molecule has 1 aliphatic rings. The maximum Gasteiger partial charge on any atom is 0.573 e. The molecule has 27 heavy (non-hydrogen) atoms. The van der Waals surface area contributed by atoms with Crippen molar-refractivity contribution in [2.24, 2.45) is 0 Å². The zero-order valence-electron chi connectivity index (χ0n) is 14.6. The molecule has 0 saturated carbocycles. The van der Waals surface area contributed by atoms with E-state index in [1.807, 2.05) is 0 Å². The van der Waals surface area contributed by atoms with Gasteiger partial charge in [0.1, 0.15) is 17.9 Å². The summed E-state index contributed by atoms with van der Waals surface area (Å²) in [6, 6.07) is 3.78. The maximum absolute atomic E-state index is 12.3. The average Bonchev–Trinajstić information content (AvgIpc) is 2.64. The number of hydrogen-bond acceptors (Lipinski definition) is 6. The fraction of sp³-hybridized carbons (Fsp3) is 0.471. The van der Waals surface area contributed by atoms with Crippen LogP contribution in [0.4, 0.5) is 19.0 Å². The van der Waals surface area contributed by atoms with Crippen molar-refractivity contribution in [2.45, 2.75) is 25.3 Å². The number of methoxy groups -OCH3 is 1. The summed E-state index contributed by atoms with van der Waals surface area (Å²) < 4.78 is 46.2. The molecule has 1 N–H and O–H groups in total. The number of hydrogen-bond donors (Lipinski definition) is 1. The number of anilines is 1. The van der Waals surface area contributed by atoms with E-state index in [1.165, 1.54) is 24.5 Å². The number of piperidine rings is 1. The first kappa shape index (κ1) is 19.2. The Morgan fingerprint density at radius 1 is 1.30 bits per heavy atom. The first-order valence-corrected chi connectivity index (χ1v) is 8.40. The molecule has 0 bridgehead atoms. The number of benzene rings is 1. The van der Waals surface area contributed by atoms with E-state index in [9.17, 15) is 18.0 Å². The molecule has 1 saturated heterocycles. The van der Waals surface area contributed by atoms with Crippen molar-refractivity contribution in [3.8, 4) is 5.75 Å². The van der Waals surface area contributed by atoms with Gasteiger partial charge in [0.2, 0.25) is 5.91 Å². The molecule has 146 valence electrons. The number of nitrogens with zero attached hydrogens (tertiary/aromatic N) is 3. The van der Waals surface area contributed by atoms with Crippen LogP contribution in [0.3, 0.4) is 0 Å². The molecule has 2 aromatic rings. The highest BCUT2D eigenvalue weighted by Crippen LogP contribution is 2.27. The minimum Gasteiger partial charge on any atom is -0.406 e. The summed E-state index contributed by atoms with van der Waals surface area (Å²) in [5, 5.41) is 3.44. The van der Waals surface area contributed by atoms with Crippen LogP contribution in [0.2, 0.25) is 0 Å². The van der Waals surface area contributed by atoms with E-state index in [-0.39, 0.29) is 29.8 Å². The lowest BCUT2D eigenvalue weighted by atomic mass is 10.1. The Kier molecular flexibility index (Phi) is 5.64. The Morgan fingerprint density at radius 3 is 2.70 bits per heavy atom. The molecular formula is C17H19F3N4O3. The van der Waals surface area contributed by atoms with Crippen molar-refractivity contribution >= 4 is 22.6 Å². The van der Waals surface area contributed by atoms with E-state index >= 15 is 0 Å². The van der Waals surface area contributed by atoms with Crippen molar-refractivity contribution in [1.29, 1.82) is 0 Å². The number of carbonyl (C=O) groups is 1. The summed E-state index contributed by atoms with van der Waals surface area (Å²) >= 11 is 0. The number of aromatic nitrogens is 2. The van der Waals surface area contributed by atoms with Crippen molar-refractivity contribution < 1.29 is 27.4 Å². The van der Waals surface area contributed by atoms with Gasteiger partial charge in [-0.3, -0.25) is 4.79 Å². The lowest BCUT2D eigenvalue weighted by Crippen LogP contribution is -2.43. The molecule has 0 unspecified atom stereocenters. The maximum atomic E-state index is 12.3. The third-order valence-electron chi connectivity index (χ3n) is 4.38. The number of carbonyl (C=O) groups excluding carboxylic acids is 1. The van der Waals surface area contributed by atoms with Gasteiger partial charge in [0.25, 0.3) is 0 Å². The van der Waals surface area contributed by atoms with Gasteiger partial charge < -0.3 is 19.7 Å². The Balaban J connectivity index is 1.65. The second kappa shape index (κ2) is 7.95. The molecular weight excluding hydrogens is 365 g/mol. The predicted octanol–water partition coefficient (Wildman–Crippen LogP) is 2.58. The molecule has 0 aliphatic carbocycles. The van der Waals surface area contributed by atoms with Gasteiger partial charge in [-0.15, -0.1) is 13.2 Å². The number of halogens is 3. The molecule has 0 spiro atoms. The first-order chi connectivity index (χ1) is 12.9. The number of amides is 1. The van der Waals surface area contributed by atoms with Gasteiger partial charge in [0, 0.05) is 31.7 Å². The number of rotatable bonds is 5. The Labute approximate surface area is 153 Å². The Morgan fingerprint density at radius 2 is 2.04 bits per heavy atom. The van der Waals surface area contributed by atoms with E-state index < -0.39 is 6.36 Å². The van der Waals surface area contributed by atoms with Crippen molar-refractivity contribution in [3.05, 3.63) is 24.5 Å². The van der Waals surface area contributed by atoms with E-state index in [4.69, 9.17) is 4.74 Å². The van der Waals surface area contributed by atoms with Crippen LogP contribution in [0.1, 0.15) is 12.8 Å².